The van der Waals surface area contributed by atoms with Crippen LogP contribution in [-0.2, 0) is 14.8 Å². The van der Waals surface area contributed by atoms with Crippen LogP contribution in [0.4, 0.5) is 0 Å². The lowest BCUT2D eigenvalue weighted by Crippen LogP contribution is -2.46. The van der Waals surface area contributed by atoms with Gasteiger partial charge in [0.25, 0.3) is 0 Å². The molecule has 0 fully saturated rings. The number of sulfonamides is 1. The highest BCUT2D eigenvalue weighted by Crippen LogP contribution is 2.35. The Labute approximate surface area is 112 Å². The fourth-order valence-electron chi connectivity index (χ4n) is 2.45. The Morgan fingerprint density at radius 1 is 1.17 bits per heavy atom. The van der Waals surface area contributed by atoms with Crippen LogP contribution >= 0.6 is 0 Å². The van der Waals surface area contributed by atoms with Crippen molar-refractivity contribution < 1.29 is 13.2 Å². The maximum absolute atomic E-state index is 12.2. The molecule has 0 bridgehead atoms. The van der Waals surface area contributed by atoms with Gasteiger partial charge in [0.1, 0.15) is 5.78 Å². The third-order valence-corrected chi connectivity index (χ3v) is 5.13. The topological polar surface area (TPSA) is 63.2 Å². The molecule has 18 heavy (non-hydrogen) atoms. The third-order valence-electron chi connectivity index (χ3n) is 2.75. The molecule has 5 heteroatoms. The van der Waals surface area contributed by atoms with E-state index in [2.05, 4.69) is 4.72 Å². The van der Waals surface area contributed by atoms with Gasteiger partial charge in [0.2, 0.25) is 10.0 Å². The number of rotatable bonds is 7. The van der Waals surface area contributed by atoms with Gasteiger partial charge in [-0.2, -0.15) is 0 Å². The van der Waals surface area contributed by atoms with Crippen LogP contribution in [0.3, 0.4) is 0 Å². The van der Waals surface area contributed by atoms with Gasteiger partial charge in [0, 0.05) is 12.5 Å². The van der Waals surface area contributed by atoms with E-state index in [1.165, 1.54) is 6.92 Å². The van der Waals surface area contributed by atoms with Crippen LogP contribution < -0.4 is 4.72 Å². The molecule has 0 aromatic rings. The summed E-state index contributed by atoms with van der Waals surface area (Å²) in [6.07, 6.45) is 0.843. The van der Waals surface area contributed by atoms with Crippen LogP contribution in [0.5, 0.6) is 0 Å². The molecule has 0 atom stereocenters. The summed E-state index contributed by atoms with van der Waals surface area (Å²) in [5.74, 6) is 0.0880. The first-order valence-electron chi connectivity index (χ1n) is 6.30. The minimum absolute atomic E-state index is 0.0880. The predicted octanol–water partition coefficient (Wildman–Crippen LogP) is 2.49. The number of ketones is 1. The van der Waals surface area contributed by atoms with E-state index in [0.717, 1.165) is 0 Å². The smallest absolute Gasteiger partial charge is 0.217 e. The molecule has 0 saturated heterocycles. The lowest BCUT2D eigenvalue weighted by atomic mass is 9.80. The molecule has 0 saturated carbocycles. The number of nitrogens with one attached hydrogen (secondary N) is 1. The van der Waals surface area contributed by atoms with Crippen molar-refractivity contribution in [3.63, 3.8) is 0 Å². The van der Waals surface area contributed by atoms with Gasteiger partial charge in [0.05, 0.1) is 4.75 Å². The molecule has 0 unspecified atom stereocenters. The van der Waals surface area contributed by atoms with Gasteiger partial charge >= 0.3 is 0 Å². The van der Waals surface area contributed by atoms with Crippen molar-refractivity contribution in [2.45, 2.75) is 72.1 Å². The maximum Gasteiger partial charge on any atom is 0.217 e. The van der Waals surface area contributed by atoms with E-state index in [0.29, 0.717) is 12.8 Å². The molecule has 0 rings (SSSR count). The van der Waals surface area contributed by atoms with E-state index in [1.807, 2.05) is 13.8 Å². The van der Waals surface area contributed by atoms with E-state index in [1.54, 1.807) is 27.7 Å². The Bertz CT molecular complexity index is 394. The fourth-order valence-corrected chi connectivity index (χ4v) is 3.97. The van der Waals surface area contributed by atoms with Crippen LogP contribution in [0.25, 0.3) is 0 Å². The van der Waals surface area contributed by atoms with Gasteiger partial charge in [-0.05, 0) is 46.5 Å². The summed E-state index contributed by atoms with van der Waals surface area (Å²) in [6, 6.07) is -0.120. The van der Waals surface area contributed by atoms with Crippen LogP contribution in [-0.4, -0.2) is 25.0 Å². The first-order chi connectivity index (χ1) is 7.79. The van der Waals surface area contributed by atoms with Crippen molar-refractivity contribution in [2.24, 2.45) is 5.41 Å². The molecule has 0 aliphatic heterocycles. The lowest BCUT2D eigenvalue weighted by Gasteiger charge is -2.34. The van der Waals surface area contributed by atoms with Crippen molar-refractivity contribution in [1.82, 2.24) is 4.72 Å². The Kier molecular flexibility index (Phi) is 5.56. The molecule has 0 amide bonds. The maximum atomic E-state index is 12.2. The molecular formula is C13H27NO3S. The molecule has 0 aliphatic carbocycles. The van der Waals surface area contributed by atoms with Gasteiger partial charge in [-0.3, -0.25) is 0 Å². The number of carbonyl (C=O) groups excluding carboxylic acids is 1. The Morgan fingerprint density at radius 3 is 1.94 bits per heavy atom. The molecule has 0 spiro atoms. The van der Waals surface area contributed by atoms with Gasteiger partial charge in [-0.1, -0.05) is 13.8 Å². The van der Waals surface area contributed by atoms with Crippen LogP contribution in [0.2, 0.25) is 0 Å². The van der Waals surface area contributed by atoms with Crippen molar-refractivity contribution >= 4 is 15.8 Å². The number of hydrogen-bond donors (Lipinski definition) is 1. The monoisotopic (exact) mass is 277 g/mol. The van der Waals surface area contributed by atoms with Gasteiger partial charge in [-0.25, -0.2) is 13.1 Å². The highest BCUT2D eigenvalue weighted by molar-refractivity contribution is 7.90. The zero-order valence-electron chi connectivity index (χ0n) is 12.6. The summed E-state index contributed by atoms with van der Waals surface area (Å²) in [7, 11) is -3.39. The second kappa shape index (κ2) is 5.70. The van der Waals surface area contributed by atoms with E-state index in [9.17, 15) is 13.2 Å². The fraction of sp³-hybridized carbons (Fsp3) is 0.923. The first kappa shape index (κ1) is 17.6. The van der Waals surface area contributed by atoms with E-state index in [-0.39, 0.29) is 17.2 Å². The van der Waals surface area contributed by atoms with Gasteiger partial charge in [-0.15, -0.1) is 0 Å². The number of Topliss-reactive ketones (excluding diaryl/α,β-unsaturated/α-hetero) is 1. The largest absolute Gasteiger partial charge is 0.300 e. The van der Waals surface area contributed by atoms with E-state index in [4.69, 9.17) is 0 Å². The van der Waals surface area contributed by atoms with Gasteiger partial charge in [0.15, 0.2) is 0 Å². The quantitative estimate of drug-likeness (QED) is 0.777. The summed E-state index contributed by atoms with van der Waals surface area (Å²) in [6.45, 7) is 12.4. The molecular weight excluding hydrogens is 250 g/mol. The van der Waals surface area contributed by atoms with Crippen LogP contribution in [0, 0.1) is 5.41 Å². The molecule has 1 N–H and O–H groups in total. The zero-order chi connectivity index (χ0) is 14.8. The van der Waals surface area contributed by atoms with Crippen LogP contribution in [0.1, 0.15) is 61.3 Å². The molecule has 0 aromatic carbocycles. The van der Waals surface area contributed by atoms with E-state index >= 15 is 0 Å². The average molecular weight is 277 g/mol. The predicted molar refractivity (Wildman–Crippen MR) is 75.0 cm³/mol. The molecule has 4 nitrogen and oxygen atoms in total. The lowest BCUT2D eigenvalue weighted by molar-refractivity contribution is -0.119. The van der Waals surface area contributed by atoms with Crippen molar-refractivity contribution in [2.75, 3.05) is 0 Å². The second-order valence-electron chi connectivity index (χ2n) is 6.76. The summed E-state index contributed by atoms with van der Waals surface area (Å²) < 4.78 is 26.2. The van der Waals surface area contributed by atoms with Crippen molar-refractivity contribution in [3.05, 3.63) is 0 Å². The highest BCUT2D eigenvalue weighted by atomic mass is 32.2. The summed E-state index contributed by atoms with van der Waals surface area (Å²) in [4.78, 5) is 11.2. The summed E-state index contributed by atoms with van der Waals surface area (Å²) in [5.41, 5.74) is -0.318. The Balaban J connectivity index is 5.00. The molecule has 108 valence electrons. The average Bonchev–Trinajstić information content (AvgIpc) is 1.93. The normalized spacial score (nSPS) is 14.0. The summed E-state index contributed by atoms with van der Waals surface area (Å²) >= 11 is 0. The Morgan fingerprint density at radius 2 is 1.61 bits per heavy atom. The van der Waals surface area contributed by atoms with Crippen LogP contribution in [0.15, 0.2) is 0 Å². The van der Waals surface area contributed by atoms with Crippen molar-refractivity contribution in [1.29, 1.82) is 0 Å². The minimum atomic E-state index is -3.39. The van der Waals surface area contributed by atoms with E-state index < -0.39 is 14.8 Å². The molecule has 0 aromatic heterocycles. The third kappa shape index (κ3) is 5.48. The highest BCUT2D eigenvalue weighted by Gasteiger charge is 2.39. The second-order valence-corrected chi connectivity index (χ2v) is 9.10. The number of carbonyl (C=O) groups is 1. The summed E-state index contributed by atoms with van der Waals surface area (Å²) in [5, 5.41) is 0. The molecule has 0 heterocycles. The molecule has 0 aliphatic rings. The molecule has 0 radical (unpaired) electrons. The first-order valence-corrected chi connectivity index (χ1v) is 7.79. The standard InChI is InChI=1S/C13H27NO3S/c1-10(2)14-18(16,17)13(6,7)9-12(4,5)8-11(3)15/h10,14H,8-9H2,1-7H3. The zero-order valence-corrected chi connectivity index (χ0v) is 13.4. The van der Waals surface area contributed by atoms with Crippen molar-refractivity contribution in [3.8, 4) is 0 Å². The Hall–Kier alpha value is -0.420. The van der Waals surface area contributed by atoms with Gasteiger partial charge < -0.3 is 4.79 Å². The SMILES string of the molecule is CC(=O)CC(C)(C)CC(C)(C)S(=O)(=O)NC(C)C. The number of hydrogen-bond acceptors (Lipinski definition) is 3. The minimum Gasteiger partial charge on any atom is -0.300 e.